The summed E-state index contributed by atoms with van der Waals surface area (Å²) in [6.07, 6.45) is 0. The monoisotopic (exact) mass is 274 g/mol. The van der Waals surface area contributed by atoms with Gasteiger partial charge in [0.25, 0.3) is 0 Å². The molecule has 0 amide bonds. The molecule has 0 saturated heterocycles. The minimum Gasteiger partial charge on any atom is -0.478 e. The van der Waals surface area contributed by atoms with Crippen LogP contribution in [0, 0.1) is 0 Å². The van der Waals surface area contributed by atoms with E-state index in [1.807, 2.05) is 26.0 Å². The maximum atomic E-state index is 11.6. The molecular formula is C16H18O4. The van der Waals surface area contributed by atoms with Crippen molar-refractivity contribution in [2.45, 2.75) is 33.0 Å². The van der Waals surface area contributed by atoms with Crippen LogP contribution in [0.4, 0.5) is 0 Å². The van der Waals surface area contributed by atoms with Gasteiger partial charge in [-0.3, -0.25) is 0 Å². The molecule has 4 nitrogen and oxygen atoms in total. The number of hydrogen-bond acceptors (Lipinski definition) is 3. The second-order valence-electron chi connectivity index (χ2n) is 5.07. The van der Waals surface area contributed by atoms with E-state index in [4.69, 9.17) is 0 Å². The molecule has 0 radical (unpaired) electrons. The summed E-state index contributed by atoms with van der Waals surface area (Å²) in [5, 5.41) is 30.1. The second kappa shape index (κ2) is 5.61. The molecule has 0 aliphatic carbocycles. The summed E-state index contributed by atoms with van der Waals surface area (Å²) >= 11 is 0. The van der Waals surface area contributed by atoms with Gasteiger partial charge in [0.05, 0.1) is 18.8 Å². The molecule has 3 N–H and O–H groups in total. The molecule has 0 heterocycles. The SMILES string of the molecule is CC(C)c1c(CO)c(CO)c(C(=O)O)c2ccccc12. The molecule has 0 bridgehead atoms. The lowest BCUT2D eigenvalue weighted by molar-refractivity contribution is 0.0695. The molecule has 0 atom stereocenters. The largest absolute Gasteiger partial charge is 0.478 e. The van der Waals surface area contributed by atoms with Crippen molar-refractivity contribution < 1.29 is 20.1 Å². The topological polar surface area (TPSA) is 77.8 Å². The molecule has 0 unspecified atom stereocenters. The number of fused-ring (bicyclic) bond motifs is 1. The highest BCUT2D eigenvalue weighted by Crippen LogP contribution is 2.35. The fourth-order valence-corrected chi connectivity index (χ4v) is 2.83. The van der Waals surface area contributed by atoms with E-state index in [0.29, 0.717) is 16.5 Å². The molecule has 0 fully saturated rings. The van der Waals surface area contributed by atoms with Gasteiger partial charge in [-0.1, -0.05) is 38.1 Å². The number of carboxylic acids is 1. The molecule has 0 aromatic heterocycles. The van der Waals surface area contributed by atoms with Crippen LogP contribution in [-0.2, 0) is 13.2 Å². The number of aliphatic hydroxyl groups excluding tert-OH is 2. The van der Waals surface area contributed by atoms with E-state index in [9.17, 15) is 20.1 Å². The summed E-state index contributed by atoms with van der Waals surface area (Å²) in [6.45, 7) is 3.29. The van der Waals surface area contributed by atoms with Crippen molar-refractivity contribution in [3.63, 3.8) is 0 Å². The van der Waals surface area contributed by atoms with Crippen molar-refractivity contribution in [1.82, 2.24) is 0 Å². The fourth-order valence-electron chi connectivity index (χ4n) is 2.83. The highest BCUT2D eigenvalue weighted by atomic mass is 16.4. The minimum absolute atomic E-state index is 0.0801. The molecule has 106 valence electrons. The number of rotatable bonds is 4. The highest BCUT2D eigenvalue weighted by molar-refractivity contribution is 6.07. The Balaban J connectivity index is 3.05. The standard InChI is InChI=1S/C16H18O4/c1-9(2)14-10-5-3-4-6-11(10)15(16(19)20)13(8-18)12(14)7-17/h3-6,9,17-18H,7-8H2,1-2H3,(H,19,20). The molecule has 20 heavy (non-hydrogen) atoms. The first kappa shape index (κ1) is 14.5. The van der Waals surface area contributed by atoms with E-state index < -0.39 is 12.6 Å². The van der Waals surface area contributed by atoms with Gasteiger partial charge < -0.3 is 15.3 Å². The first-order valence-corrected chi connectivity index (χ1v) is 6.54. The van der Waals surface area contributed by atoms with Crippen molar-refractivity contribution in [2.24, 2.45) is 0 Å². The van der Waals surface area contributed by atoms with E-state index in [1.54, 1.807) is 12.1 Å². The van der Waals surface area contributed by atoms with Gasteiger partial charge in [0.2, 0.25) is 0 Å². The first-order valence-electron chi connectivity index (χ1n) is 6.54. The van der Waals surface area contributed by atoms with Crippen LogP contribution in [0.25, 0.3) is 10.8 Å². The van der Waals surface area contributed by atoms with Gasteiger partial charge in [-0.05, 0) is 33.4 Å². The highest BCUT2D eigenvalue weighted by Gasteiger charge is 2.23. The zero-order valence-corrected chi connectivity index (χ0v) is 11.6. The van der Waals surface area contributed by atoms with Crippen molar-refractivity contribution in [1.29, 1.82) is 0 Å². The van der Waals surface area contributed by atoms with Crippen LogP contribution in [0.1, 0.15) is 46.8 Å². The third-order valence-corrected chi connectivity index (χ3v) is 3.59. The van der Waals surface area contributed by atoms with Crippen LogP contribution < -0.4 is 0 Å². The van der Waals surface area contributed by atoms with Crippen molar-refractivity contribution in [2.75, 3.05) is 0 Å². The summed E-state index contributed by atoms with van der Waals surface area (Å²) in [5.74, 6) is -0.967. The summed E-state index contributed by atoms with van der Waals surface area (Å²) in [6, 6.07) is 7.22. The molecule has 2 aromatic rings. The van der Waals surface area contributed by atoms with Gasteiger partial charge in [0.1, 0.15) is 0 Å². The predicted molar refractivity (Wildman–Crippen MR) is 76.8 cm³/mol. The van der Waals surface area contributed by atoms with E-state index in [1.165, 1.54) is 0 Å². The van der Waals surface area contributed by atoms with E-state index in [-0.39, 0.29) is 18.1 Å². The average molecular weight is 274 g/mol. The number of aromatic carboxylic acids is 1. The Bertz CT molecular complexity index is 659. The van der Waals surface area contributed by atoms with Crippen molar-refractivity contribution >= 4 is 16.7 Å². The fraction of sp³-hybridized carbons (Fsp3) is 0.312. The smallest absolute Gasteiger partial charge is 0.336 e. The predicted octanol–water partition coefficient (Wildman–Crippen LogP) is 2.65. The van der Waals surface area contributed by atoms with Gasteiger partial charge in [-0.15, -0.1) is 0 Å². The number of hydrogen-bond donors (Lipinski definition) is 3. The Morgan fingerprint density at radius 1 is 1.05 bits per heavy atom. The quantitative estimate of drug-likeness (QED) is 0.801. The number of benzene rings is 2. The van der Waals surface area contributed by atoms with Crippen LogP contribution in [0.2, 0.25) is 0 Å². The van der Waals surface area contributed by atoms with Crippen molar-refractivity contribution in [3.8, 4) is 0 Å². The third-order valence-electron chi connectivity index (χ3n) is 3.59. The van der Waals surface area contributed by atoms with Crippen LogP contribution in [-0.4, -0.2) is 21.3 Å². The molecular weight excluding hydrogens is 256 g/mol. The van der Waals surface area contributed by atoms with Gasteiger partial charge in [0.15, 0.2) is 0 Å². The second-order valence-corrected chi connectivity index (χ2v) is 5.07. The Morgan fingerprint density at radius 2 is 1.60 bits per heavy atom. The zero-order valence-electron chi connectivity index (χ0n) is 11.6. The molecule has 4 heteroatoms. The lowest BCUT2D eigenvalue weighted by atomic mass is 9.85. The van der Waals surface area contributed by atoms with Gasteiger partial charge in [-0.2, -0.15) is 0 Å². The molecule has 0 aliphatic rings. The van der Waals surface area contributed by atoms with Gasteiger partial charge in [-0.25, -0.2) is 4.79 Å². The van der Waals surface area contributed by atoms with Gasteiger partial charge >= 0.3 is 5.97 Å². The number of carboxylic acid groups (broad SMARTS) is 1. The lowest BCUT2D eigenvalue weighted by Crippen LogP contribution is -2.11. The molecule has 0 saturated carbocycles. The van der Waals surface area contributed by atoms with Crippen LogP contribution in [0.15, 0.2) is 24.3 Å². The average Bonchev–Trinajstić information content (AvgIpc) is 2.43. The Labute approximate surface area is 117 Å². The van der Waals surface area contributed by atoms with E-state index in [2.05, 4.69) is 0 Å². The maximum absolute atomic E-state index is 11.6. The summed E-state index contributed by atoms with van der Waals surface area (Å²) < 4.78 is 0. The van der Waals surface area contributed by atoms with Crippen LogP contribution in [0.3, 0.4) is 0 Å². The van der Waals surface area contributed by atoms with E-state index in [0.717, 1.165) is 10.9 Å². The third kappa shape index (κ3) is 2.17. The number of aliphatic hydroxyl groups is 2. The maximum Gasteiger partial charge on any atom is 0.336 e. The Morgan fingerprint density at radius 3 is 2.05 bits per heavy atom. The summed E-state index contributed by atoms with van der Waals surface area (Å²) in [4.78, 5) is 11.6. The molecule has 2 rings (SSSR count). The summed E-state index contributed by atoms with van der Waals surface area (Å²) in [7, 11) is 0. The Kier molecular flexibility index (Phi) is 4.06. The van der Waals surface area contributed by atoms with Crippen LogP contribution >= 0.6 is 0 Å². The van der Waals surface area contributed by atoms with E-state index >= 15 is 0 Å². The van der Waals surface area contributed by atoms with Crippen molar-refractivity contribution in [3.05, 3.63) is 46.5 Å². The molecule has 0 aliphatic heterocycles. The molecule has 2 aromatic carbocycles. The van der Waals surface area contributed by atoms with Gasteiger partial charge in [0, 0.05) is 0 Å². The molecule has 0 spiro atoms. The summed E-state index contributed by atoms with van der Waals surface area (Å²) in [5.41, 5.74) is 1.81. The minimum atomic E-state index is -1.09. The number of carbonyl (C=O) groups is 1. The Hall–Kier alpha value is -1.91. The first-order chi connectivity index (χ1) is 9.52. The normalized spacial score (nSPS) is 11.2. The zero-order chi connectivity index (χ0) is 14.9. The lowest BCUT2D eigenvalue weighted by Gasteiger charge is -2.21. The van der Waals surface area contributed by atoms with Crippen LogP contribution in [0.5, 0.6) is 0 Å².